The van der Waals surface area contributed by atoms with Crippen molar-refractivity contribution in [2.45, 2.75) is 18.2 Å². The second kappa shape index (κ2) is 11.4. The Morgan fingerprint density at radius 1 is 0.946 bits per heavy atom. The van der Waals surface area contributed by atoms with Crippen molar-refractivity contribution in [1.82, 2.24) is 5.32 Å². The molecule has 0 aliphatic rings. The smallest absolute Gasteiger partial charge is 0.264 e. The molecule has 0 aliphatic heterocycles. The van der Waals surface area contributed by atoms with Crippen LogP contribution >= 0.6 is 0 Å². The monoisotopic (exact) mass is 520 g/mol. The minimum absolute atomic E-state index is 0.0753. The SMILES string of the molecule is COc1ccc(S(=O)(=O)N(CC(=O)NCC(C)Cc2cccc3ccccc23)c2ccccc2F)cc1. The maximum atomic E-state index is 14.7. The summed E-state index contributed by atoms with van der Waals surface area (Å²) >= 11 is 0. The van der Waals surface area contributed by atoms with E-state index in [0.29, 0.717) is 12.3 Å². The van der Waals surface area contributed by atoms with E-state index in [0.717, 1.165) is 22.2 Å². The number of carbonyl (C=O) groups excluding carboxylic acids is 1. The average molecular weight is 521 g/mol. The van der Waals surface area contributed by atoms with Crippen LogP contribution in [0.2, 0.25) is 0 Å². The number of methoxy groups -OCH3 is 1. The number of nitrogens with one attached hydrogen (secondary N) is 1. The summed E-state index contributed by atoms with van der Waals surface area (Å²) in [4.78, 5) is 12.9. The van der Waals surface area contributed by atoms with Gasteiger partial charge >= 0.3 is 0 Å². The molecule has 1 amide bonds. The van der Waals surface area contributed by atoms with Gasteiger partial charge in [0.2, 0.25) is 5.91 Å². The number of ether oxygens (including phenoxy) is 1. The molecule has 192 valence electrons. The van der Waals surface area contributed by atoms with E-state index < -0.39 is 28.3 Å². The molecule has 1 unspecified atom stereocenters. The molecular formula is C29H29FN2O4S. The normalized spacial score (nSPS) is 12.2. The Bertz CT molecular complexity index is 1480. The Balaban J connectivity index is 1.49. The third-order valence-electron chi connectivity index (χ3n) is 6.15. The Morgan fingerprint density at radius 2 is 1.62 bits per heavy atom. The molecule has 0 heterocycles. The number of rotatable bonds is 10. The summed E-state index contributed by atoms with van der Waals surface area (Å²) in [5.41, 5.74) is 0.979. The van der Waals surface area contributed by atoms with Crippen LogP contribution in [-0.2, 0) is 21.2 Å². The van der Waals surface area contributed by atoms with Crippen LogP contribution < -0.4 is 14.4 Å². The van der Waals surface area contributed by atoms with Crippen molar-refractivity contribution in [3.63, 3.8) is 0 Å². The minimum atomic E-state index is -4.23. The van der Waals surface area contributed by atoms with Gasteiger partial charge in [0.1, 0.15) is 18.1 Å². The number of benzene rings is 4. The molecule has 4 rings (SSSR count). The number of amides is 1. The molecule has 0 radical (unpaired) electrons. The molecule has 0 saturated carbocycles. The lowest BCUT2D eigenvalue weighted by molar-refractivity contribution is -0.119. The number of halogens is 1. The third kappa shape index (κ3) is 6.09. The number of hydrogen-bond donors (Lipinski definition) is 1. The first-order valence-corrected chi connectivity index (χ1v) is 13.4. The second-order valence-corrected chi connectivity index (χ2v) is 10.8. The molecule has 6 nitrogen and oxygen atoms in total. The minimum Gasteiger partial charge on any atom is -0.497 e. The molecule has 0 fully saturated rings. The van der Waals surface area contributed by atoms with Gasteiger partial charge in [-0.3, -0.25) is 9.10 Å². The summed E-state index contributed by atoms with van der Waals surface area (Å²) in [6.07, 6.45) is 0.739. The van der Waals surface area contributed by atoms with Crippen LogP contribution in [0.1, 0.15) is 12.5 Å². The highest BCUT2D eigenvalue weighted by Crippen LogP contribution is 2.27. The lowest BCUT2D eigenvalue weighted by Crippen LogP contribution is -2.42. The van der Waals surface area contributed by atoms with Crippen molar-refractivity contribution in [1.29, 1.82) is 0 Å². The number of sulfonamides is 1. The average Bonchev–Trinajstić information content (AvgIpc) is 2.91. The number of fused-ring (bicyclic) bond motifs is 1. The Labute approximate surface area is 216 Å². The van der Waals surface area contributed by atoms with Gasteiger partial charge in [-0.2, -0.15) is 0 Å². The van der Waals surface area contributed by atoms with Crippen molar-refractivity contribution in [3.05, 3.63) is 102 Å². The van der Waals surface area contributed by atoms with Crippen LogP contribution in [0.5, 0.6) is 5.75 Å². The van der Waals surface area contributed by atoms with Gasteiger partial charge in [-0.25, -0.2) is 12.8 Å². The van der Waals surface area contributed by atoms with Crippen LogP contribution in [0, 0.1) is 11.7 Å². The maximum absolute atomic E-state index is 14.7. The van der Waals surface area contributed by atoms with Gasteiger partial charge in [0.15, 0.2) is 0 Å². The zero-order valence-corrected chi connectivity index (χ0v) is 21.5. The van der Waals surface area contributed by atoms with Gasteiger partial charge in [-0.1, -0.05) is 61.5 Å². The van der Waals surface area contributed by atoms with Crippen LogP contribution in [0.4, 0.5) is 10.1 Å². The highest BCUT2D eigenvalue weighted by Gasteiger charge is 2.29. The van der Waals surface area contributed by atoms with Gasteiger partial charge in [0.25, 0.3) is 10.0 Å². The molecule has 0 bridgehead atoms. The fraction of sp³-hybridized carbons (Fsp3) is 0.207. The van der Waals surface area contributed by atoms with Gasteiger partial charge in [0, 0.05) is 6.54 Å². The maximum Gasteiger partial charge on any atom is 0.264 e. The van der Waals surface area contributed by atoms with Gasteiger partial charge < -0.3 is 10.1 Å². The molecule has 1 atom stereocenters. The summed E-state index contributed by atoms with van der Waals surface area (Å²) in [7, 11) is -2.76. The summed E-state index contributed by atoms with van der Waals surface area (Å²) in [6, 6.07) is 25.5. The van der Waals surface area contributed by atoms with Crippen LogP contribution in [0.3, 0.4) is 0 Å². The number of anilines is 1. The van der Waals surface area contributed by atoms with Crippen LogP contribution in [0.25, 0.3) is 10.8 Å². The van der Waals surface area contributed by atoms with Crippen molar-refractivity contribution in [3.8, 4) is 5.75 Å². The van der Waals surface area contributed by atoms with E-state index in [1.54, 1.807) is 0 Å². The van der Waals surface area contributed by atoms with Crippen LogP contribution in [-0.4, -0.2) is 34.5 Å². The third-order valence-corrected chi connectivity index (χ3v) is 7.93. The fourth-order valence-electron chi connectivity index (χ4n) is 4.22. The van der Waals surface area contributed by atoms with E-state index in [2.05, 4.69) is 29.6 Å². The summed E-state index contributed by atoms with van der Waals surface area (Å²) in [6.45, 7) is 1.80. The lowest BCUT2D eigenvalue weighted by Gasteiger charge is -2.25. The topological polar surface area (TPSA) is 75.7 Å². The second-order valence-electron chi connectivity index (χ2n) is 8.89. The first kappa shape index (κ1) is 26.2. The highest BCUT2D eigenvalue weighted by molar-refractivity contribution is 7.92. The number of nitrogens with zero attached hydrogens (tertiary/aromatic N) is 1. The van der Waals surface area contributed by atoms with E-state index in [4.69, 9.17) is 4.74 Å². The molecule has 4 aromatic carbocycles. The van der Waals surface area contributed by atoms with E-state index >= 15 is 0 Å². The number of hydrogen-bond acceptors (Lipinski definition) is 4. The molecule has 0 aliphatic carbocycles. The molecule has 1 N–H and O–H groups in total. The standard InChI is InChI=1S/C29H29FN2O4S/c1-21(18-23-10-7-9-22-8-3-4-11-26(22)23)19-31-29(33)20-32(28-13-6-5-12-27(28)30)37(34,35)25-16-14-24(36-2)15-17-25/h3-17,21H,18-20H2,1-2H3,(H,31,33). The zero-order valence-electron chi connectivity index (χ0n) is 20.7. The molecular weight excluding hydrogens is 491 g/mol. The van der Waals surface area contributed by atoms with Crippen molar-refractivity contribution < 1.29 is 22.3 Å². The lowest BCUT2D eigenvalue weighted by atomic mass is 9.96. The van der Waals surface area contributed by atoms with E-state index in [1.807, 2.05) is 25.1 Å². The van der Waals surface area contributed by atoms with E-state index in [-0.39, 0.29) is 16.5 Å². The molecule has 0 spiro atoms. The molecule has 4 aromatic rings. The molecule has 0 saturated heterocycles. The predicted molar refractivity (Wildman–Crippen MR) is 144 cm³/mol. The zero-order chi connectivity index (χ0) is 26.4. The van der Waals surface area contributed by atoms with Gasteiger partial charge in [-0.05, 0) is 65.1 Å². The van der Waals surface area contributed by atoms with E-state index in [1.165, 1.54) is 60.5 Å². The summed E-state index contributed by atoms with van der Waals surface area (Å²) in [5, 5.41) is 5.14. The van der Waals surface area contributed by atoms with Gasteiger partial charge in [-0.15, -0.1) is 0 Å². The van der Waals surface area contributed by atoms with Crippen LogP contribution in [0.15, 0.2) is 95.9 Å². The number of para-hydroxylation sites is 1. The summed E-state index contributed by atoms with van der Waals surface area (Å²) < 4.78 is 47.5. The fourth-order valence-corrected chi connectivity index (χ4v) is 5.65. The van der Waals surface area contributed by atoms with Crippen molar-refractivity contribution in [2.75, 3.05) is 24.5 Å². The Hall–Kier alpha value is -3.91. The number of carbonyl (C=O) groups is 1. The highest BCUT2D eigenvalue weighted by atomic mass is 32.2. The summed E-state index contributed by atoms with van der Waals surface area (Å²) in [5.74, 6) is -0.689. The first-order valence-electron chi connectivity index (χ1n) is 11.9. The van der Waals surface area contributed by atoms with Gasteiger partial charge in [0.05, 0.1) is 17.7 Å². The van der Waals surface area contributed by atoms with Crippen molar-refractivity contribution >= 4 is 32.4 Å². The molecule has 8 heteroatoms. The molecule has 0 aromatic heterocycles. The quantitative estimate of drug-likeness (QED) is 0.313. The van der Waals surface area contributed by atoms with Crippen molar-refractivity contribution in [2.24, 2.45) is 5.92 Å². The predicted octanol–water partition coefficient (Wildman–Crippen LogP) is 5.18. The molecule has 37 heavy (non-hydrogen) atoms. The Kier molecular flexibility index (Phi) is 8.08. The first-order chi connectivity index (χ1) is 17.8. The van der Waals surface area contributed by atoms with E-state index in [9.17, 15) is 17.6 Å². The largest absolute Gasteiger partial charge is 0.497 e. The Morgan fingerprint density at radius 3 is 2.35 bits per heavy atom.